The molecule has 0 bridgehead atoms. The van der Waals surface area contributed by atoms with Gasteiger partial charge in [-0.3, -0.25) is 0 Å². The summed E-state index contributed by atoms with van der Waals surface area (Å²) in [6, 6.07) is 35.8. The predicted molar refractivity (Wildman–Crippen MR) is 162 cm³/mol. The molecule has 220 valence electrons. The van der Waals surface area contributed by atoms with Crippen molar-refractivity contribution in [2.45, 2.75) is 44.2 Å². The van der Waals surface area contributed by atoms with Crippen LogP contribution in [-0.2, 0) is 38.8 Å². The molecule has 6 rings (SSSR count). The molecular weight excluding hydrogens is 544 g/mol. The molecule has 8 heteroatoms. The monoisotopic (exact) mass is 578 g/mol. The van der Waals surface area contributed by atoms with E-state index < -0.39 is 24.4 Å². The Morgan fingerprint density at radius 1 is 0.698 bits per heavy atom. The van der Waals surface area contributed by atoms with Gasteiger partial charge in [-0.1, -0.05) is 97.1 Å². The normalized spacial score (nSPS) is 19.9. The first-order valence-corrected chi connectivity index (χ1v) is 14.3. The van der Waals surface area contributed by atoms with Crippen LogP contribution in [0.1, 0.15) is 28.4 Å². The molecule has 8 nitrogen and oxygen atoms in total. The maximum absolute atomic E-state index is 10.4. The summed E-state index contributed by atoms with van der Waals surface area (Å²) in [5.41, 5.74) is 4.57. The molecule has 0 radical (unpaired) electrons. The molecule has 0 spiro atoms. The third-order valence-corrected chi connectivity index (χ3v) is 7.47. The van der Waals surface area contributed by atoms with Crippen LogP contribution in [0, 0.1) is 0 Å². The van der Waals surface area contributed by atoms with Crippen LogP contribution < -0.4 is 4.74 Å². The average molecular weight is 579 g/mol. The summed E-state index contributed by atoms with van der Waals surface area (Å²) in [5, 5.41) is 10.9. The number of ether oxygens (including phenoxy) is 5. The van der Waals surface area contributed by atoms with E-state index in [0.717, 1.165) is 22.3 Å². The topological polar surface area (TPSA) is 92.2 Å². The Morgan fingerprint density at radius 2 is 1.28 bits per heavy atom. The Bertz CT molecular complexity index is 1600. The van der Waals surface area contributed by atoms with E-state index in [2.05, 4.69) is 9.97 Å². The second kappa shape index (κ2) is 13.8. The highest BCUT2D eigenvalue weighted by Crippen LogP contribution is 2.40. The van der Waals surface area contributed by atoms with Gasteiger partial charge in [-0.05, 0) is 34.4 Å². The van der Waals surface area contributed by atoms with Crippen LogP contribution >= 0.6 is 0 Å². The van der Waals surface area contributed by atoms with Crippen molar-refractivity contribution in [1.82, 2.24) is 9.97 Å². The summed E-state index contributed by atoms with van der Waals surface area (Å²) < 4.78 is 31.3. The molecule has 0 saturated carbocycles. The van der Waals surface area contributed by atoms with Crippen molar-refractivity contribution in [1.29, 1.82) is 0 Å². The summed E-state index contributed by atoms with van der Waals surface area (Å²) in [4.78, 5) is 8.45. The summed E-state index contributed by atoms with van der Waals surface area (Å²) in [7, 11) is 1.46. The van der Waals surface area contributed by atoms with Gasteiger partial charge in [0.15, 0.2) is 0 Å². The minimum absolute atomic E-state index is 0.0858. The lowest BCUT2D eigenvalue weighted by Crippen LogP contribution is -2.37. The fraction of sp³-hybridized carbons (Fsp3) is 0.257. The van der Waals surface area contributed by atoms with Crippen molar-refractivity contribution in [2.24, 2.45) is 0 Å². The molecule has 4 aromatic carbocycles. The quantitative estimate of drug-likeness (QED) is 0.188. The zero-order chi connectivity index (χ0) is 29.4. The highest BCUT2D eigenvalue weighted by atomic mass is 16.6. The summed E-state index contributed by atoms with van der Waals surface area (Å²) in [6.07, 6.45) is -1.76. The zero-order valence-corrected chi connectivity index (χ0v) is 23.9. The van der Waals surface area contributed by atoms with Crippen molar-refractivity contribution in [3.8, 4) is 11.9 Å². The van der Waals surface area contributed by atoms with Crippen molar-refractivity contribution < 1.29 is 28.8 Å². The molecule has 1 aliphatic rings. The number of benzene rings is 4. The summed E-state index contributed by atoms with van der Waals surface area (Å²) >= 11 is 0. The van der Waals surface area contributed by atoms with E-state index in [-0.39, 0.29) is 11.9 Å². The van der Waals surface area contributed by atoms with E-state index >= 15 is 0 Å². The number of methoxy groups -OCH3 is 1. The van der Waals surface area contributed by atoms with Gasteiger partial charge < -0.3 is 28.8 Å². The molecule has 1 N–H and O–H groups in total. The van der Waals surface area contributed by atoms with Gasteiger partial charge in [-0.15, -0.1) is 0 Å². The molecule has 5 aromatic rings. The zero-order valence-electron chi connectivity index (χ0n) is 23.9. The second-order valence-electron chi connectivity index (χ2n) is 10.4. The second-order valence-corrected chi connectivity index (χ2v) is 10.4. The number of hydrogen-bond acceptors (Lipinski definition) is 8. The van der Waals surface area contributed by atoms with Gasteiger partial charge in [0.05, 0.1) is 44.4 Å². The SMILES string of the molecule is COc1nc(O)c2ccc([C@@H]3O[C@H](COCc4ccccc4)[C@@H](OCc4ccccc4)[C@H]3OCc3ccccc3)cc2n1. The van der Waals surface area contributed by atoms with E-state index in [9.17, 15) is 5.11 Å². The Labute approximate surface area is 250 Å². The van der Waals surface area contributed by atoms with Gasteiger partial charge in [-0.2, -0.15) is 9.97 Å². The lowest BCUT2D eigenvalue weighted by molar-refractivity contribution is -0.0898. The average Bonchev–Trinajstić information content (AvgIpc) is 3.40. The fourth-order valence-electron chi connectivity index (χ4n) is 5.29. The molecule has 1 aliphatic heterocycles. The van der Waals surface area contributed by atoms with Crippen LogP contribution in [-0.4, -0.2) is 47.1 Å². The minimum atomic E-state index is -0.484. The summed E-state index contributed by atoms with van der Waals surface area (Å²) in [5.74, 6) is -0.145. The molecule has 0 aliphatic carbocycles. The van der Waals surface area contributed by atoms with Gasteiger partial charge >= 0.3 is 6.01 Å². The van der Waals surface area contributed by atoms with E-state index in [1.807, 2.05) is 103 Å². The maximum atomic E-state index is 10.4. The highest BCUT2D eigenvalue weighted by Gasteiger charge is 2.47. The van der Waals surface area contributed by atoms with Crippen molar-refractivity contribution >= 4 is 10.9 Å². The molecule has 43 heavy (non-hydrogen) atoms. The van der Waals surface area contributed by atoms with Crippen molar-refractivity contribution in [2.75, 3.05) is 13.7 Å². The molecule has 1 fully saturated rings. The van der Waals surface area contributed by atoms with Crippen molar-refractivity contribution in [3.05, 3.63) is 131 Å². The first-order chi connectivity index (χ1) is 21.2. The number of aromatic nitrogens is 2. The smallest absolute Gasteiger partial charge is 0.320 e. The van der Waals surface area contributed by atoms with Crippen LogP contribution in [0.3, 0.4) is 0 Å². The molecule has 0 unspecified atom stereocenters. The number of aromatic hydroxyl groups is 1. The third kappa shape index (κ3) is 7.01. The highest BCUT2D eigenvalue weighted by molar-refractivity contribution is 5.84. The molecule has 1 aromatic heterocycles. The number of nitrogens with zero attached hydrogens (tertiary/aromatic N) is 2. The van der Waals surface area contributed by atoms with E-state index in [1.54, 1.807) is 6.07 Å². The van der Waals surface area contributed by atoms with Crippen molar-refractivity contribution in [3.63, 3.8) is 0 Å². The van der Waals surface area contributed by atoms with Gasteiger partial charge in [0.2, 0.25) is 5.88 Å². The Hall–Kier alpha value is -4.34. The maximum Gasteiger partial charge on any atom is 0.320 e. The number of rotatable bonds is 12. The molecule has 4 atom stereocenters. The predicted octanol–water partition coefficient (Wildman–Crippen LogP) is 6.17. The molecular formula is C35H34N2O6. The van der Waals surface area contributed by atoms with Gasteiger partial charge in [0, 0.05) is 0 Å². The number of fused-ring (bicyclic) bond motifs is 1. The van der Waals surface area contributed by atoms with E-state index in [0.29, 0.717) is 37.3 Å². The van der Waals surface area contributed by atoms with Crippen LogP contribution in [0.25, 0.3) is 10.9 Å². The Morgan fingerprint density at radius 3 is 1.88 bits per heavy atom. The minimum Gasteiger partial charge on any atom is -0.493 e. The van der Waals surface area contributed by atoms with Gasteiger partial charge in [0.1, 0.15) is 24.4 Å². The number of hydrogen-bond donors (Lipinski definition) is 1. The standard InChI is InChI=1S/C35H34N2O6/c1-39-35-36-29-19-27(17-18-28(29)34(38)37-35)31-33(42-22-26-15-9-4-10-16-26)32(41-21-25-13-7-3-8-14-25)30(43-31)23-40-20-24-11-5-2-6-12-24/h2-19,30-33H,20-23H2,1H3,(H,36,37,38)/t30-,31+,32-,33+/m1/s1. The lowest BCUT2D eigenvalue weighted by Gasteiger charge is -2.25. The summed E-state index contributed by atoms with van der Waals surface area (Å²) in [6.45, 7) is 1.56. The van der Waals surface area contributed by atoms with Crippen LogP contribution in [0.2, 0.25) is 0 Å². The lowest BCUT2D eigenvalue weighted by atomic mass is 9.99. The Balaban J connectivity index is 1.31. The molecule has 1 saturated heterocycles. The van der Waals surface area contributed by atoms with E-state index in [1.165, 1.54) is 7.11 Å². The third-order valence-electron chi connectivity index (χ3n) is 7.47. The van der Waals surface area contributed by atoms with Gasteiger partial charge in [0.25, 0.3) is 0 Å². The van der Waals surface area contributed by atoms with Crippen LogP contribution in [0.5, 0.6) is 11.9 Å². The Kier molecular flexibility index (Phi) is 9.20. The fourth-order valence-corrected chi connectivity index (χ4v) is 5.29. The van der Waals surface area contributed by atoms with Crippen LogP contribution in [0.4, 0.5) is 0 Å². The first-order valence-electron chi connectivity index (χ1n) is 14.3. The first kappa shape index (κ1) is 28.8. The van der Waals surface area contributed by atoms with Gasteiger partial charge in [-0.25, -0.2) is 0 Å². The largest absolute Gasteiger partial charge is 0.493 e. The van der Waals surface area contributed by atoms with E-state index in [4.69, 9.17) is 23.7 Å². The molecule has 0 amide bonds. The van der Waals surface area contributed by atoms with Crippen LogP contribution in [0.15, 0.2) is 109 Å². The molecule has 2 heterocycles.